The van der Waals surface area contributed by atoms with Crippen molar-refractivity contribution < 1.29 is 13.2 Å². The molecule has 2 rings (SSSR count). The predicted molar refractivity (Wildman–Crippen MR) is 103 cm³/mol. The summed E-state index contributed by atoms with van der Waals surface area (Å²) in [6, 6.07) is 14.3. The van der Waals surface area contributed by atoms with Crippen LogP contribution in [0.25, 0.3) is 0 Å². The summed E-state index contributed by atoms with van der Waals surface area (Å²) < 4.78 is 25.6. The first-order chi connectivity index (χ1) is 11.7. The van der Waals surface area contributed by atoms with Gasteiger partial charge in [0.25, 0.3) is 0 Å². The number of sulfonamides is 1. The van der Waals surface area contributed by atoms with Crippen molar-refractivity contribution in [3.8, 4) is 0 Å². The summed E-state index contributed by atoms with van der Waals surface area (Å²) in [5.41, 5.74) is 2.03. The summed E-state index contributed by atoms with van der Waals surface area (Å²) in [7, 11) is -1.87. The molecular formula is C18H21ClN2O3S. The van der Waals surface area contributed by atoms with E-state index in [9.17, 15) is 13.2 Å². The van der Waals surface area contributed by atoms with Crippen LogP contribution in [-0.2, 0) is 14.8 Å². The van der Waals surface area contributed by atoms with Gasteiger partial charge in [-0.05, 0) is 36.8 Å². The zero-order valence-electron chi connectivity index (χ0n) is 14.4. The van der Waals surface area contributed by atoms with Gasteiger partial charge in [0.2, 0.25) is 15.9 Å². The van der Waals surface area contributed by atoms with Crippen LogP contribution in [0.3, 0.4) is 0 Å². The second-order valence-corrected chi connectivity index (χ2v) is 8.15. The molecule has 0 fully saturated rings. The quantitative estimate of drug-likeness (QED) is 0.771. The Morgan fingerprint density at radius 2 is 1.76 bits per heavy atom. The van der Waals surface area contributed by atoms with Gasteiger partial charge in [-0.25, -0.2) is 8.42 Å². The number of carbonyl (C=O) groups excluding carboxylic acids is 1. The van der Waals surface area contributed by atoms with Crippen LogP contribution in [0.1, 0.15) is 12.0 Å². The van der Waals surface area contributed by atoms with Crippen molar-refractivity contribution in [3.05, 3.63) is 59.1 Å². The van der Waals surface area contributed by atoms with Crippen LogP contribution < -0.4 is 9.21 Å². The van der Waals surface area contributed by atoms with E-state index < -0.39 is 10.0 Å². The Labute approximate surface area is 153 Å². The van der Waals surface area contributed by atoms with Crippen molar-refractivity contribution in [2.24, 2.45) is 0 Å². The maximum Gasteiger partial charge on any atom is 0.232 e. The fraction of sp³-hybridized carbons (Fsp3) is 0.278. The monoisotopic (exact) mass is 380 g/mol. The van der Waals surface area contributed by atoms with E-state index in [0.29, 0.717) is 10.7 Å². The normalized spacial score (nSPS) is 11.2. The van der Waals surface area contributed by atoms with Crippen LogP contribution in [-0.4, -0.2) is 34.2 Å². The number of carbonyl (C=O) groups is 1. The largest absolute Gasteiger partial charge is 0.315 e. The maximum atomic E-state index is 12.4. The second-order valence-electron chi connectivity index (χ2n) is 5.80. The van der Waals surface area contributed by atoms with Gasteiger partial charge in [0.15, 0.2) is 0 Å². The number of anilines is 2. The van der Waals surface area contributed by atoms with E-state index in [1.807, 2.05) is 37.3 Å². The molecule has 5 nitrogen and oxygen atoms in total. The Morgan fingerprint density at radius 3 is 2.36 bits per heavy atom. The zero-order valence-corrected chi connectivity index (χ0v) is 16.0. The van der Waals surface area contributed by atoms with E-state index in [4.69, 9.17) is 11.6 Å². The average molecular weight is 381 g/mol. The molecule has 0 saturated heterocycles. The number of benzene rings is 2. The fourth-order valence-corrected chi connectivity index (χ4v) is 3.62. The van der Waals surface area contributed by atoms with Crippen LogP contribution in [0.4, 0.5) is 11.4 Å². The third-order valence-corrected chi connectivity index (χ3v) is 5.30. The van der Waals surface area contributed by atoms with Crippen molar-refractivity contribution >= 4 is 38.9 Å². The molecule has 0 spiro atoms. The van der Waals surface area contributed by atoms with E-state index >= 15 is 0 Å². The summed E-state index contributed by atoms with van der Waals surface area (Å²) in [5, 5.41) is 0.446. The van der Waals surface area contributed by atoms with Crippen LogP contribution >= 0.6 is 11.6 Å². The van der Waals surface area contributed by atoms with E-state index in [1.54, 1.807) is 25.2 Å². The number of nitrogens with zero attached hydrogens (tertiary/aromatic N) is 2. The van der Waals surface area contributed by atoms with Crippen molar-refractivity contribution in [2.75, 3.05) is 29.1 Å². The van der Waals surface area contributed by atoms with Crippen LogP contribution in [0, 0.1) is 6.92 Å². The minimum Gasteiger partial charge on any atom is -0.315 e. The highest BCUT2D eigenvalue weighted by Crippen LogP contribution is 2.26. The van der Waals surface area contributed by atoms with Gasteiger partial charge >= 0.3 is 0 Å². The molecule has 0 bridgehead atoms. The summed E-state index contributed by atoms with van der Waals surface area (Å²) in [6.07, 6.45) is 1.18. The molecule has 0 heterocycles. The number of para-hydroxylation sites is 1. The SMILES string of the molecule is Cc1ccc(Cl)cc1N(CCC(=O)N(C)c1ccccc1)S(C)(=O)=O. The van der Waals surface area contributed by atoms with E-state index in [2.05, 4.69) is 0 Å². The van der Waals surface area contributed by atoms with Gasteiger partial charge in [-0.3, -0.25) is 9.10 Å². The number of rotatable bonds is 6. The summed E-state index contributed by atoms with van der Waals surface area (Å²) >= 11 is 6.01. The van der Waals surface area contributed by atoms with Crippen molar-refractivity contribution in [3.63, 3.8) is 0 Å². The first-order valence-electron chi connectivity index (χ1n) is 7.75. The highest BCUT2D eigenvalue weighted by Gasteiger charge is 2.22. The predicted octanol–water partition coefficient (Wildman–Crippen LogP) is 3.47. The molecule has 2 aromatic carbocycles. The number of halogens is 1. The minimum atomic E-state index is -3.54. The second kappa shape index (κ2) is 7.89. The van der Waals surface area contributed by atoms with Gasteiger partial charge < -0.3 is 4.90 Å². The van der Waals surface area contributed by atoms with Gasteiger partial charge in [-0.1, -0.05) is 35.9 Å². The summed E-state index contributed by atoms with van der Waals surface area (Å²) in [6.45, 7) is 1.86. The zero-order chi connectivity index (χ0) is 18.6. The highest BCUT2D eigenvalue weighted by atomic mass is 35.5. The first-order valence-corrected chi connectivity index (χ1v) is 9.98. The number of hydrogen-bond acceptors (Lipinski definition) is 3. The van der Waals surface area contributed by atoms with Gasteiger partial charge in [0.05, 0.1) is 11.9 Å². The van der Waals surface area contributed by atoms with Gasteiger partial charge in [-0.2, -0.15) is 0 Å². The van der Waals surface area contributed by atoms with Crippen LogP contribution in [0.15, 0.2) is 48.5 Å². The van der Waals surface area contributed by atoms with Crippen molar-refractivity contribution in [1.29, 1.82) is 0 Å². The van der Waals surface area contributed by atoms with Gasteiger partial charge in [0, 0.05) is 30.7 Å². The standard InChI is InChI=1S/C18H21ClN2O3S/c1-14-9-10-15(19)13-17(14)21(25(3,23)24)12-11-18(22)20(2)16-7-5-4-6-8-16/h4-10,13H,11-12H2,1-3H3. The molecule has 0 radical (unpaired) electrons. The van der Waals surface area contributed by atoms with Gasteiger partial charge in [-0.15, -0.1) is 0 Å². The molecule has 0 unspecified atom stereocenters. The lowest BCUT2D eigenvalue weighted by Gasteiger charge is -2.25. The molecule has 0 aromatic heterocycles. The third-order valence-electron chi connectivity index (χ3n) is 3.89. The molecule has 0 atom stereocenters. The Morgan fingerprint density at radius 1 is 1.12 bits per heavy atom. The molecule has 0 aliphatic carbocycles. The molecule has 25 heavy (non-hydrogen) atoms. The molecule has 0 aliphatic rings. The molecule has 134 valence electrons. The Hall–Kier alpha value is -2.05. The molecule has 7 heteroatoms. The Bertz CT molecular complexity index is 854. The summed E-state index contributed by atoms with van der Waals surface area (Å²) in [4.78, 5) is 14.0. The van der Waals surface area contributed by atoms with E-state index in [-0.39, 0.29) is 18.9 Å². The minimum absolute atomic E-state index is 0.0516. The topological polar surface area (TPSA) is 57.7 Å². The lowest BCUT2D eigenvalue weighted by molar-refractivity contribution is -0.118. The molecule has 0 aliphatic heterocycles. The fourth-order valence-electron chi connectivity index (χ4n) is 2.48. The van der Waals surface area contributed by atoms with E-state index in [1.165, 1.54) is 9.21 Å². The molecule has 1 amide bonds. The smallest absolute Gasteiger partial charge is 0.232 e. The maximum absolute atomic E-state index is 12.4. The highest BCUT2D eigenvalue weighted by molar-refractivity contribution is 7.92. The van der Waals surface area contributed by atoms with Gasteiger partial charge in [0.1, 0.15) is 0 Å². The first kappa shape index (κ1) is 19.3. The van der Waals surface area contributed by atoms with Crippen LogP contribution in [0.2, 0.25) is 5.02 Å². The van der Waals surface area contributed by atoms with Crippen molar-refractivity contribution in [1.82, 2.24) is 0 Å². The molecular weight excluding hydrogens is 360 g/mol. The number of hydrogen-bond donors (Lipinski definition) is 0. The lowest BCUT2D eigenvalue weighted by atomic mass is 10.2. The number of aryl methyl sites for hydroxylation is 1. The third kappa shape index (κ3) is 4.96. The summed E-state index contributed by atoms with van der Waals surface area (Å²) in [5.74, 6) is -0.167. The van der Waals surface area contributed by atoms with Crippen molar-refractivity contribution in [2.45, 2.75) is 13.3 Å². The average Bonchev–Trinajstić information content (AvgIpc) is 2.56. The molecule has 0 saturated carbocycles. The Balaban J connectivity index is 2.19. The Kier molecular flexibility index (Phi) is 6.08. The van der Waals surface area contributed by atoms with E-state index in [0.717, 1.165) is 17.5 Å². The van der Waals surface area contributed by atoms with Crippen LogP contribution in [0.5, 0.6) is 0 Å². The lowest BCUT2D eigenvalue weighted by Crippen LogP contribution is -2.35. The molecule has 2 aromatic rings. The number of amides is 1. The molecule has 0 N–H and O–H groups in total.